The van der Waals surface area contributed by atoms with Crippen LogP contribution in [0.3, 0.4) is 0 Å². The molecule has 1 aliphatic heterocycles. The van der Waals surface area contributed by atoms with Crippen molar-refractivity contribution < 1.29 is 19.4 Å². The normalized spacial score (nSPS) is 15.3. The fourth-order valence-corrected chi connectivity index (χ4v) is 2.71. The first-order chi connectivity index (χ1) is 12.5. The average Bonchev–Trinajstić information content (AvgIpc) is 2.89. The molecule has 26 heavy (non-hydrogen) atoms. The van der Waals surface area contributed by atoms with Gasteiger partial charge in [-0.2, -0.15) is 10.1 Å². The fraction of sp³-hybridized carbons (Fsp3) is 0.105. The average molecular weight is 371 g/mol. The highest BCUT2D eigenvalue weighted by Gasteiger charge is 2.30. The molecule has 0 saturated carbocycles. The minimum atomic E-state index is -1.08. The molecule has 1 amide bonds. The largest absolute Gasteiger partial charge is 0.481 e. The number of aliphatic carboxylic acids is 1. The lowest BCUT2D eigenvalue weighted by Crippen LogP contribution is -2.21. The number of nitrogens with zero attached hydrogens (tertiary/aromatic N) is 2. The highest BCUT2D eigenvalue weighted by Crippen LogP contribution is 2.31. The third kappa shape index (κ3) is 3.60. The third-order valence-corrected chi connectivity index (χ3v) is 4.03. The monoisotopic (exact) mass is 370 g/mol. The molecule has 0 unspecified atom stereocenters. The zero-order chi connectivity index (χ0) is 18.7. The molecule has 1 N–H and O–H groups in total. The van der Waals surface area contributed by atoms with Crippen molar-refractivity contribution in [3.8, 4) is 5.75 Å². The van der Waals surface area contributed by atoms with Crippen LogP contribution in [0.5, 0.6) is 5.75 Å². The van der Waals surface area contributed by atoms with E-state index in [0.717, 1.165) is 0 Å². The van der Waals surface area contributed by atoms with Gasteiger partial charge in [0.2, 0.25) is 0 Å². The van der Waals surface area contributed by atoms with Crippen molar-refractivity contribution >= 4 is 41.0 Å². The number of carboxylic acids is 1. The van der Waals surface area contributed by atoms with Gasteiger partial charge in [-0.25, -0.2) is 4.79 Å². The second-order valence-corrected chi connectivity index (χ2v) is 5.94. The predicted octanol–water partition coefficient (Wildman–Crippen LogP) is 3.61. The maximum atomic E-state index is 12.8. The van der Waals surface area contributed by atoms with Crippen LogP contribution in [0, 0.1) is 0 Å². The molecule has 0 radical (unpaired) electrons. The fourth-order valence-electron chi connectivity index (χ4n) is 2.50. The summed E-state index contributed by atoms with van der Waals surface area (Å²) in [7, 11) is 0. The van der Waals surface area contributed by atoms with E-state index in [1.807, 2.05) is 0 Å². The number of hydrogen-bond donors (Lipinski definition) is 1. The number of amides is 1. The molecule has 0 spiro atoms. The van der Waals surface area contributed by atoms with Crippen molar-refractivity contribution in [2.24, 2.45) is 5.10 Å². The number of anilines is 1. The maximum Gasteiger partial charge on any atom is 0.341 e. The summed E-state index contributed by atoms with van der Waals surface area (Å²) < 4.78 is 5.28. The molecular weight excluding hydrogens is 356 g/mol. The van der Waals surface area contributed by atoms with E-state index >= 15 is 0 Å². The quantitative estimate of drug-likeness (QED) is 0.815. The summed E-state index contributed by atoms with van der Waals surface area (Å²) in [6.45, 7) is 1.26. The zero-order valence-electron chi connectivity index (χ0n) is 13.8. The van der Waals surface area contributed by atoms with Crippen molar-refractivity contribution in [2.45, 2.75) is 6.92 Å². The Morgan fingerprint density at radius 3 is 2.65 bits per heavy atom. The van der Waals surface area contributed by atoms with Gasteiger partial charge in [-0.1, -0.05) is 41.9 Å². The van der Waals surface area contributed by atoms with Crippen molar-refractivity contribution in [1.29, 1.82) is 0 Å². The van der Waals surface area contributed by atoms with Crippen LogP contribution in [-0.4, -0.2) is 29.3 Å². The highest BCUT2D eigenvalue weighted by molar-refractivity contribution is 6.37. The molecule has 2 aromatic carbocycles. The van der Waals surface area contributed by atoms with Crippen LogP contribution in [0.15, 0.2) is 59.2 Å². The molecule has 0 saturated heterocycles. The van der Waals surface area contributed by atoms with Crippen LogP contribution in [-0.2, 0) is 9.59 Å². The van der Waals surface area contributed by atoms with Gasteiger partial charge in [0.1, 0.15) is 5.75 Å². The molecule has 3 rings (SSSR count). The summed E-state index contributed by atoms with van der Waals surface area (Å²) in [5.74, 6) is -1.02. The van der Waals surface area contributed by atoms with Gasteiger partial charge in [-0.05, 0) is 31.2 Å². The third-order valence-electron chi connectivity index (χ3n) is 3.71. The minimum Gasteiger partial charge on any atom is -0.481 e. The molecule has 6 nitrogen and oxygen atoms in total. The number of carboxylic acid groups (broad SMARTS) is 1. The lowest BCUT2D eigenvalue weighted by atomic mass is 10.1. The molecule has 0 fully saturated rings. The van der Waals surface area contributed by atoms with Crippen LogP contribution >= 0.6 is 11.6 Å². The summed E-state index contributed by atoms with van der Waals surface area (Å²) in [5.41, 5.74) is 2.00. The Kier molecular flexibility index (Phi) is 5.04. The Morgan fingerprint density at radius 2 is 1.92 bits per heavy atom. The Morgan fingerprint density at radius 1 is 1.23 bits per heavy atom. The number of rotatable bonds is 5. The van der Waals surface area contributed by atoms with Crippen LogP contribution in [0.2, 0.25) is 5.02 Å². The molecule has 2 aromatic rings. The van der Waals surface area contributed by atoms with Gasteiger partial charge < -0.3 is 9.84 Å². The van der Waals surface area contributed by atoms with E-state index in [0.29, 0.717) is 33.3 Å². The second-order valence-electron chi connectivity index (χ2n) is 5.53. The number of carbonyl (C=O) groups excluding carboxylic acids is 1. The van der Waals surface area contributed by atoms with Gasteiger partial charge in [0.05, 0.1) is 22.0 Å². The standard InChI is InChI=1S/C19H15ClN2O4/c1-12-14(10-13-6-2-5-9-17(13)26-11-18(23)24)19(25)22(21-12)16-8-4-3-7-15(16)20/h2-10H,11H2,1H3,(H,23,24)/b14-10+. The van der Waals surface area contributed by atoms with E-state index in [4.69, 9.17) is 21.4 Å². The summed E-state index contributed by atoms with van der Waals surface area (Å²) in [6, 6.07) is 13.8. The van der Waals surface area contributed by atoms with Gasteiger partial charge in [0.15, 0.2) is 6.61 Å². The zero-order valence-corrected chi connectivity index (χ0v) is 14.6. The number of halogens is 1. The first kappa shape index (κ1) is 17.7. The molecule has 0 aromatic heterocycles. The Labute approximate surface area is 155 Å². The van der Waals surface area contributed by atoms with Crippen LogP contribution < -0.4 is 9.75 Å². The van der Waals surface area contributed by atoms with Crippen molar-refractivity contribution in [2.75, 3.05) is 11.6 Å². The van der Waals surface area contributed by atoms with Crippen LogP contribution in [0.1, 0.15) is 12.5 Å². The smallest absolute Gasteiger partial charge is 0.341 e. The number of hydrogen-bond acceptors (Lipinski definition) is 4. The number of para-hydroxylation sites is 2. The number of benzene rings is 2. The van der Waals surface area contributed by atoms with Gasteiger partial charge in [0, 0.05) is 5.56 Å². The maximum absolute atomic E-state index is 12.8. The predicted molar refractivity (Wildman–Crippen MR) is 99.6 cm³/mol. The van der Waals surface area contributed by atoms with Crippen LogP contribution in [0.25, 0.3) is 6.08 Å². The second kappa shape index (κ2) is 7.41. The summed E-state index contributed by atoms with van der Waals surface area (Å²) in [4.78, 5) is 23.5. The Balaban J connectivity index is 1.94. The molecule has 0 atom stereocenters. The molecule has 0 bridgehead atoms. The molecule has 1 aliphatic rings. The van der Waals surface area contributed by atoms with Crippen molar-refractivity contribution in [1.82, 2.24) is 0 Å². The first-order valence-electron chi connectivity index (χ1n) is 7.77. The van der Waals surface area contributed by atoms with E-state index in [1.165, 1.54) is 5.01 Å². The summed E-state index contributed by atoms with van der Waals surface area (Å²) >= 11 is 6.16. The Bertz CT molecular complexity index is 937. The lowest BCUT2D eigenvalue weighted by molar-refractivity contribution is -0.139. The minimum absolute atomic E-state index is 0.316. The van der Waals surface area contributed by atoms with E-state index < -0.39 is 12.6 Å². The van der Waals surface area contributed by atoms with Crippen molar-refractivity contribution in [3.63, 3.8) is 0 Å². The molecule has 132 valence electrons. The lowest BCUT2D eigenvalue weighted by Gasteiger charge is -2.13. The topological polar surface area (TPSA) is 79.2 Å². The summed E-state index contributed by atoms with van der Waals surface area (Å²) in [6.07, 6.45) is 1.63. The first-order valence-corrected chi connectivity index (χ1v) is 8.15. The molecule has 7 heteroatoms. The van der Waals surface area contributed by atoms with Crippen LogP contribution in [0.4, 0.5) is 5.69 Å². The van der Waals surface area contributed by atoms with Crippen molar-refractivity contribution in [3.05, 3.63) is 64.7 Å². The number of carbonyl (C=O) groups is 2. The van der Waals surface area contributed by atoms with E-state index in [1.54, 1.807) is 61.5 Å². The summed E-state index contributed by atoms with van der Waals surface area (Å²) in [5, 5.41) is 14.8. The molecule has 0 aliphatic carbocycles. The number of ether oxygens (including phenoxy) is 1. The van der Waals surface area contributed by atoms with Gasteiger partial charge in [-0.15, -0.1) is 0 Å². The van der Waals surface area contributed by atoms with E-state index in [-0.39, 0.29) is 5.91 Å². The molecular formula is C19H15ClN2O4. The number of hydrazone groups is 1. The highest BCUT2D eigenvalue weighted by atomic mass is 35.5. The Hall–Kier alpha value is -3.12. The SMILES string of the molecule is CC1=NN(c2ccccc2Cl)C(=O)/C1=C/c1ccccc1OCC(=O)O. The van der Waals surface area contributed by atoms with E-state index in [9.17, 15) is 9.59 Å². The van der Waals surface area contributed by atoms with Gasteiger partial charge >= 0.3 is 5.97 Å². The van der Waals surface area contributed by atoms with E-state index in [2.05, 4.69) is 5.10 Å². The molecule has 1 heterocycles. The van der Waals surface area contributed by atoms with Gasteiger partial charge in [0.25, 0.3) is 5.91 Å². The van der Waals surface area contributed by atoms with Gasteiger partial charge in [-0.3, -0.25) is 4.79 Å².